The molecule has 1 fully saturated rings. The van der Waals surface area contributed by atoms with E-state index in [4.69, 9.17) is 42.4 Å². The number of allylic oxidation sites excluding steroid dienone is 1. The maximum atomic E-state index is 13.2. The second kappa shape index (κ2) is 13.1. The number of likely N-dealkylation sites (N-methyl/N-ethyl adjacent to an activating group) is 1. The summed E-state index contributed by atoms with van der Waals surface area (Å²) in [7, 11) is 3.20. The van der Waals surface area contributed by atoms with Crippen molar-refractivity contribution in [1.82, 2.24) is 4.90 Å². The average Bonchev–Trinajstić information content (AvgIpc) is 3.22. The molecule has 4 rings (SSSR count). The van der Waals surface area contributed by atoms with Crippen molar-refractivity contribution in [3.05, 3.63) is 98.9 Å². The fourth-order valence-corrected chi connectivity index (χ4v) is 5.49. The Balaban J connectivity index is 1.64. The van der Waals surface area contributed by atoms with Crippen LogP contribution in [0.25, 0.3) is 6.08 Å². The van der Waals surface area contributed by atoms with Crippen LogP contribution in [0.4, 0.5) is 5.69 Å². The van der Waals surface area contributed by atoms with Crippen molar-refractivity contribution in [3.63, 3.8) is 0 Å². The number of methoxy groups -OCH3 is 2. The van der Waals surface area contributed by atoms with Crippen LogP contribution in [-0.2, 0) is 17.8 Å². The van der Waals surface area contributed by atoms with Crippen LogP contribution in [0.2, 0.25) is 10.0 Å². The van der Waals surface area contributed by atoms with E-state index >= 15 is 0 Å². The Labute approximate surface area is 242 Å². The molecule has 3 aromatic rings. The third kappa shape index (κ3) is 6.79. The van der Waals surface area contributed by atoms with Crippen LogP contribution in [0, 0.1) is 0 Å². The number of carbonyl (C=O) groups excluding carboxylic acids is 1. The van der Waals surface area contributed by atoms with Crippen LogP contribution in [0.5, 0.6) is 17.2 Å². The van der Waals surface area contributed by atoms with E-state index in [0.29, 0.717) is 44.6 Å². The Morgan fingerprint density at radius 2 is 1.79 bits per heavy atom. The van der Waals surface area contributed by atoms with Crippen LogP contribution in [0.15, 0.2) is 77.1 Å². The highest BCUT2D eigenvalue weighted by Gasteiger charge is 2.32. The van der Waals surface area contributed by atoms with E-state index in [1.807, 2.05) is 55.5 Å². The van der Waals surface area contributed by atoms with Crippen molar-refractivity contribution in [3.8, 4) is 17.2 Å². The third-order valence-corrected chi connectivity index (χ3v) is 7.52. The molecule has 0 unspecified atom stereocenters. The van der Waals surface area contributed by atoms with Gasteiger partial charge in [-0.2, -0.15) is 0 Å². The summed E-state index contributed by atoms with van der Waals surface area (Å²) >= 11 is 13.7. The van der Waals surface area contributed by atoms with E-state index in [-0.39, 0.29) is 12.5 Å². The number of ether oxygens (including phenoxy) is 3. The highest BCUT2D eigenvalue weighted by atomic mass is 35.5. The molecule has 0 atom stereocenters. The Morgan fingerprint density at radius 1 is 1.03 bits per heavy atom. The summed E-state index contributed by atoms with van der Waals surface area (Å²) in [6.45, 7) is 6.55. The molecule has 0 N–H and O–H groups in total. The van der Waals surface area contributed by atoms with Crippen molar-refractivity contribution in [2.45, 2.75) is 20.0 Å². The van der Waals surface area contributed by atoms with E-state index in [1.165, 1.54) is 11.8 Å². The molecule has 0 aromatic heterocycles. The zero-order valence-electron chi connectivity index (χ0n) is 21.9. The first kappa shape index (κ1) is 28.6. The van der Waals surface area contributed by atoms with Crippen molar-refractivity contribution in [1.29, 1.82) is 0 Å². The Kier molecular flexibility index (Phi) is 9.62. The van der Waals surface area contributed by atoms with Gasteiger partial charge in [-0.25, -0.2) is 4.99 Å². The van der Waals surface area contributed by atoms with Crippen molar-refractivity contribution in [2.75, 3.05) is 20.8 Å². The summed E-state index contributed by atoms with van der Waals surface area (Å²) in [5.41, 5.74) is 3.22. The number of halogens is 2. The van der Waals surface area contributed by atoms with E-state index in [0.717, 1.165) is 28.1 Å². The molecule has 0 saturated carbocycles. The maximum absolute atomic E-state index is 13.2. The summed E-state index contributed by atoms with van der Waals surface area (Å²) in [5, 5.41) is 1.71. The number of thioether (sulfide) groups is 1. The van der Waals surface area contributed by atoms with Gasteiger partial charge in [-0.1, -0.05) is 35.3 Å². The van der Waals surface area contributed by atoms with Gasteiger partial charge in [0.1, 0.15) is 12.4 Å². The van der Waals surface area contributed by atoms with Gasteiger partial charge in [-0.3, -0.25) is 9.69 Å². The SMILES string of the molecule is C=CCc1cc(/C=C2/SC(=Nc3ccc(OC)cc3)N(CC)C2=O)cc(OC)c1OCc1ccc(Cl)cc1Cl. The monoisotopic (exact) mass is 582 g/mol. The minimum absolute atomic E-state index is 0.100. The van der Waals surface area contributed by atoms with Crippen molar-refractivity contribution in [2.24, 2.45) is 4.99 Å². The van der Waals surface area contributed by atoms with Gasteiger partial charge in [0.05, 0.1) is 24.8 Å². The molecule has 0 spiro atoms. The first-order chi connectivity index (χ1) is 18.9. The predicted octanol–water partition coefficient (Wildman–Crippen LogP) is 7.94. The van der Waals surface area contributed by atoms with Gasteiger partial charge in [0.25, 0.3) is 5.91 Å². The highest BCUT2D eigenvalue weighted by molar-refractivity contribution is 8.18. The van der Waals surface area contributed by atoms with Gasteiger partial charge in [0.2, 0.25) is 0 Å². The topological polar surface area (TPSA) is 60.4 Å². The number of amidine groups is 1. The van der Waals surface area contributed by atoms with Crippen LogP contribution in [-0.4, -0.2) is 36.7 Å². The van der Waals surface area contributed by atoms with Crippen molar-refractivity contribution < 1.29 is 19.0 Å². The second-order valence-corrected chi connectivity index (χ2v) is 10.3. The molecule has 1 aliphatic heterocycles. The lowest BCUT2D eigenvalue weighted by Crippen LogP contribution is -2.28. The predicted molar refractivity (Wildman–Crippen MR) is 161 cm³/mol. The lowest BCUT2D eigenvalue weighted by Gasteiger charge is -2.16. The number of hydrogen-bond donors (Lipinski definition) is 0. The fourth-order valence-electron chi connectivity index (χ4n) is 3.97. The highest BCUT2D eigenvalue weighted by Crippen LogP contribution is 2.38. The van der Waals surface area contributed by atoms with E-state index < -0.39 is 0 Å². The number of nitrogens with zero attached hydrogens (tertiary/aromatic N) is 2. The normalized spacial score (nSPS) is 15.2. The first-order valence-electron chi connectivity index (χ1n) is 12.2. The molecule has 0 aliphatic carbocycles. The standard InChI is InChI=1S/C30H28Cl2N2O4S/c1-5-7-20-14-19(15-26(37-4)28(20)38-18-21-8-9-22(31)17-25(21)32)16-27-29(35)34(6-2)30(39-27)33-23-10-12-24(36-3)13-11-23/h5,8-17H,1,6-7,18H2,2-4H3/b27-16+,33-30?. The lowest BCUT2D eigenvalue weighted by atomic mass is 10.0. The molecular weight excluding hydrogens is 555 g/mol. The smallest absolute Gasteiger partial charge is 0.266 e. The van der Waals surface area contributed by atoms with Gasteiger partial charge < -0.3 is 14.2 Å². The lowest BCUT2D eigenvalue weighted by molar-refractivity contribution is -0.122. The quantitative estimate of drug-likeness (QED) is 0.179. The number of aliphatic imine (C=N–C) groups is 1. The van der Waals surface area contributed by atoms with Gasteiger partial charge in [0, 0.05) is 27.7 Å². The first-order valence-corrected chi connectivity index (χ1v) is 13.8. The molecule has 9 heteroatoms. The van der Waals surface area contributed by atoms with Crippen LogP contribution in [0.1, 0.15) is 23.6 Å². The largest absolute Gasteiger partial charge is 0.497 e. The van der Waals surface area contributed by atoms with Gasteiger partial charge >= 0.3 is 0 Å². The fraction of sp³-hybridized carbons (Fsp3) is 0.200. The van der Waals surface area contributed by atoms with E-state index in [2.05, 4.69) is 6.58 Å². The molecule has 0 radical (unpaired) electrons. The molecule has 202 valence electrons. The second-order valence-electron chi connectivity index (χ2n) is 8.48. The van der Waals surface area contributed by atoms with Gasteiger partial charge in [-0.15, -0.1) is 6.58 Å². The van der Waals surface area contributed by atoms with Crippen LogP contribution in [0.3, 0.4) is 0 Å². The van der Waals surface area contributed by atoms with E-state index in [9.17, 15) is 4.79 Å². The number of rotatable bonds is 10. The molecule has 1 saturated heterocycles. The minimum Gasteiger partial charge on any atom is -0.497 e. The molecule has 1 amide bonds. The minimum atomic E-state index is -0.100. The average molecular weight is 584 g/mol. The molecule has 1 aliphatic rings. The molecular formula is C30H28Cl2N2O4S. The summed E-state index contributed by atoms with van der Waals surface area (Å²) in [5.74, 6) is 1.78. The molecule has 1 heterocycles. The Bertz CT molecular complexity index is 1440. The zero-order valence-corrected chi connectivity index (χ0v) is 24.2. The summed E-state index contributed by atoms with van der Waals surface area (Å²) < 4.78 is 17.1. The zero-order chi connectivity index (χ0) is 27.9. The Hall–Kier alpha value is -3.39. The third-order valence-electron chi connectivity index (χ3n) is 5.92. The van der Waals surface area contributed by atoms with Crippen LogP contribution >= 0.6 is 35.0 Å². The molecule has 0 bridgehead atoms. The van der Waals surface area contributed by atoms with E-state index in [1.54, 1.807) is 37.3 Å². The summed E-state index contributed by atoms with van der Waals surface area (Å²) in [6.07, 6.45) is 4.19. The number of carbonyl (C=O) groups is 1. The number of amides is 1. The summed E-state index contributed by atoms with van der Waals surface area (Å²) in [6, 6.07) is 16.5. The molecule has 6 nitrogen and oxygen atoms in total. The van der Waals surface area contributed by atoms with Gasteiger partial charge in [-0.05, 0) is 85.3 Å². The maximum Gasteiger partial charge on any atom is 0.266 e. The molecule has 39 heavy (non-hydrogen) atoms. The number of hydrogen-bond acceptors (Lipinski definition) is 6. The number of benzene rings is 3. The molecule has 3 aromatic carbocycles. The van der Waals surface area contributed by atoms with Crippen molar-refractivity contribution >= 4 is 57.8 Å². The van der Waals surface area contributed by atoms with Crippen LogP contribution < -0.4 is 14.2 Å². The van der Waals surface area contributed by atoms with Gasteiger partial charge in [0.15, 0.2) is 16.7 Å². The Morgan fingerprint density at radius 3 is 2.44 bits per heavy atom. The summed E-state index contributed by atoms with van der Waals surface area (Å²) in [4.78, 5) is 20.2.